The molecule has 0 saturated heterocycles. The lowest BCUT2D eigenvalue weighted by atomic mass is 10.1. The molecule has 0 radical (unpaired) electrons. The van der Waals surface area contributed by atoms with Gasteiger partial charge in [0, 0.05) is 13.1 Å². The zero-order valence-corrected chi connectivity index (χ0v) is 18.1. The van der Waals surface area contributed by atoms with Crippen molar-refractivity contribution >= 4 is 29.9 Å². The van der Waals surface area contributed by atoms with E-state index in [1.54, 1.807) is 0 Å². The van der Waals surface area contributed by atoms with Crippen LogP contribution in [0.5, 0.6) is 0 Å². The van der Waals surface area contributed by atoms with Crippen molar-refractivity contribution in [3.63, 3.8) is 0 Å². The first-order valence-corrected chi connectivity index (χ1v) is 8.50. The molecule has 1 aromatic carbocycles. The van der Waals surface area contributed by atoms with Crippen molar-refractivity contribution in [2.45, 2.75) is 47.6 Å². The summed E-state index contributed by atoms with van der Waals surface area (Å²) in [5, 5.41) is 6.62. The van der Waals surface area contributed by atoms with Crippen LogP contribution in [0.15, 0.2) is 27.6 Å². The number of aromatic nitrogens is 1. The number of nitrogens with zero attached hydrogens (tertiary/aromatic N) is 2. The van der Waals surface area contributed by atoms with Gasteiger partial charge in [-0.1, -0.05) is 29.3 Å². The molecule has 5 nitrogen and oxygen atoms in total. The average Bonchev–Trinajstić information content (AvgIpc) is 2.82. The lowest BCUT2D eigenvalue weighted by molar-refractivity contribution is 0.473. The molecule has 0 aliphatic rings. The van der Waals surface area contributed by atoms with Gasteiger partial charge in [-0.05, 0) is 46.6 Å². The monoisotopic (exact) mass is 456 g/mol. The minimum Gasteiger partial charge on any atom is -0.444 e. The van der Waals surface area contributed by atoms with Crippen molar-refractivity contribution < 1.29 is 4.42 Å². The molecule has 2 aromatic rings. The normalized spacial score (nSPS) is 11.2. The molecule has 6 heteroatoms. The van der Waals surface area contributed by atoms with Gasteiger partial charge in [-0.3, -0.25) is 0 Å². The smallest absolute Gasteiger partial charge is 0.216 e. The molecule has 138 valence electrons. The highest BCUT2D eigenvalue weighted by atomic mass is 127. The van der Waals surface area contributed by atoms with Crippen molar-refractivity contribution in [1.82, 2.24) is 15.6 Å². The molecule has 0 aliphatic heterocycles. The van der Waals surface area contributed by atoms with Crippen molar-refractivity contribution in [3.05, 3.63) is 52.2 Å². The van der Waals surface area contributed by atoms with Crippen LogP contribution in [-0.4, -0.2) is 24.0 Å². The maximum Gasteiger partial charge on any atom is 0.216 e. The fourth-order valence-corrected chi connectivity index (χ4v) is 2.63. The number of aliphatic imine (C=N–C) groups is 1. The van der Waals surface area contributed by atoms with Crippen molar-refractivity contribution in [1.29, 1.82) is 0 Å². The van der Waals surface area contributed by atoms with Gasteiger partial charge in [0.15, 0.2) is 5.96 Å². The van der Waals surface area contributed by atoms with Gasteiger partial charge >= 0.3 is 0 Å². The summed E-state index contributed by atoms with van der Waals surface area (Å²) < 4.78 is 5.57. The van der Waals surface area contributed by atoms with E-state index < -0.39 is 0 Å². The van der Waals surface area contributed by atoms with Gasteiger partial charge in [-0.25, -0.2) is 9.98 Å². The van der Waals surface area contributed by atoms with E-state index in [0.29, 0.717) is 12.4 Å². The van der Waals surface area contributed by atoms with E-state index in [9.17, 15) is 0 Å². The minimum atomic E-state index is 0. The molecule has 0 fully saturated rings. The van der Waals surface area contributed by atoms with Crippen LogP contribution in [0.25, 0.3) is 0 Å². The van der Waals surface area contributed by atoms with Crippen LogP contribution in [0.4, 0.5) is 0 Å². The number of guanidine groups is 1. The van der Waals surface area contributed by atoms with Crippen LogP contribution in [0, 0.1) is 27.7 Å². The zero-order chi connectivity index (χ0) is 17.5. The summed E-state index contributed by atoms with van der Waals surface area (Å²) in [5.41, 5.74) is 4.88. The lowest BCUT2D eigenvalue weighted by Crippen LogP contribution is -2.38. The topological polar surface area (TPSA) is 62.5 Å². The fourth-order valence-electron chi connectivity index (χ4n) is 2.63. The predicted octanol–water partition coefficient (Wildman–Crippen LogP) is 3.82. The van der Waals surface area contributed by atoms with Gasteiger partial charge in [-0.15, -0.1) is 24.0 Å². The fraction of sp³-hybridized carbons (Fsp3) is 0.474. The minimum absolute atomic E-state index is 0. The maximum atomic E-state index is 5.57. The van der Waals surface area contributed by atoms with Gasteiger partial charge in [0.05, 0.1) is 5.69 Å². The highest BCUT2D eigenvalue weighted by molar-refractivity contribution is 14.0. The van der Waals surface area contributed by atoms with E-state index in [1.165, 1.54) is 16.7 Å². The molecule has 0 saturated carbocycles. The van der Waals surface area contributed by atoms with Gasteiger partial charge in [-0.2, -0.15) is 0 Å². The van der Waals surface area contributed by atoms with Gasteiger partial charge in [0.25, 0.3) is 0 Å². The second kappa shape index (κ2) is 10.4. The Morgan fingerprint density at radius 3 is 2.32 bits per heavy atom. The van der Waals surface area contributed by atoms with Crippen molar-refractivity contribution in [2.75, 3.05) is 13.1 Å². The largest absolute Gasteiger partial charge is 0.444 e. The number of oxazole rings is 1. The van der Waals surface area contributed by atoms with E-state index in [4.69, 9.17) is 4.42 Å². The lowest BCUT2D eigenvalue weighted by Gasteiger charge is -2.11. The third-order valence-corrected chi connectivity index (χ3v) is 3.78. The first-order chi connectivity index (χ1) is 11.5. The summed E-state index contributed by atoms with van der Waals surface area (Å²) in [6, 6.07) is 6.66. The second-order valence-electron chi connectivity index (χ2n) is 6.12. The molecule has 0 unspecified atom stereocenters. The zero-order valence-electron chi connectivity index (χ0n) is 15.8. The summed E-state index contributed by atoms with van der Waals surface area (Å²) in [6.45, 7) is 12.3. The molecule has 0 spiro atoms. The summed E-state index contributed by atoms with van der Waals surface area (Å²) in [4.78, 5) is 8.90. The molecule has 1 aromatic heterocycles. The van der Waals surface area contributed by atoms with Crippen LogP contribution in [0.1, 0.15) is 41.0 Å². The molecule has 0 atom stereocenters. The SMILES string of the molecule is CCNC(=NCc1nc(C)c(C)o1)NCCc1cc(C)cc(C)c1.I. The molecule has 25 heavy (non-hydrogen) atoms. The Hall–Kier alpha value is -1.57. The van der Waals surface area contributed by atoms with Crippen molar-refractivity contribution in [2.24, 2.45) is 4.99 Å². The van der Waals surface area contributed by atoms with Gasteiger partial charge < -0.3 is 15.1 Å². The highest BCUT2D eigenvalue weighted by Gasteiger charge is 2.05. The second-order valence-corrected chi connectivity index (χ2v) is 6.12. The number of aryl methyl sites for hydroxylation is 4. The Labute approximate surface area is 167 Å². The third-order valence-electron chi connectivity index (χ3n) is 3.78. The first-order valence-electron chi connectivity index (χ1n) is 8.50. The number of hydrogen-bond donors (Lipinski definition) is 2. The van der Waals surface area contributed by atoms with Crippen LogP contribution in [-0.2, 0) is 13.0 Å². The standard InChI is InChI=1S/C19H28N4O.HI/c1-6-20-19(22-12-18-23-15(4)16(5)24-18)21-8-7-17-10-13(2)9-14(3)11-17;/h9-11H,6-8,12H2,1-5H3,(H2,20,21,22);1H. The maximum absolute atomic E-state index is 5.57. The average molecular weight is 456 g/mol. The van der Waals surface area contributed by atoms with E-state index in [0.717, 1.165) is 36.9 Å². The van der Waals surface area contributed by atoms with Crippen molar-refractivity contribution in [3.8, 4) is 0 Å². The Morgan fingerprint density at radius 1 is 1.08 bits per heavy atom. The molecular formula is C19H29IN4O. The van der Waals surface area contributed by atoms with Crippen LogP contribution < -0.4 is 10.6 Å². The molecule has 0 aliphatic carbocycles. The Morgan fingerprint density at radius 2 is 1.76 bits per heavy atom. The van der Waals surface area contributed by atoms with E-state index >= 15 is 0 Å². The number of hydrogen-bond acceptors (Lipinski definition) is 3. The van der Waals surface area contributed by atoms with Crippen LogP contribution >= 0.6 is 24.0 Å². The Balaban J connectivity index is 0.00000312. The molecule has 0 bridgehead atoms. The van der Waals surface area contributed by atoms with Gasteiger partial charge in [0.2, 0.25) is 5.89 Å². The summed E-state index contributed by atoms with van der Waals surface area (Å²) >= 11 is 0. The van der Waals surface area contributed by atoms with E-state index in [1.807, 2.05) is 13.8 Å². The summed E-state index contributed by atoms with van der Waals surface area (Å²) in [5.74, 6) is 2.29. The van der Waals surface area contributed by atoms with Gasteiger partial charge in [0.1, 0.15) is 12.3 Å². The number of halogens is 1. The third kappa shape index (κ3) is 7.05. The number of rotatable bonds is 6. The van der Waals surface area contributed by atoms with Crippen LogP contribution in [0.2, 0.25) is 0 Å². The molecule has 0 amide bonds. The molecule has 2 rings (SSSR count). The summed E-state index contributed by atoms with van der Waals surface area (Å²) in [7, 11) is 0. The number of nitrogens with one attached hydrogen (secondary N) is 2. The van der Waals surface area contributed by atoms with E-state index in [-0.39, 0.29) is 24.0 Å². The highest BCUT2D eigenvalue weighted by Crippen LogP contribution is 2.10. The molecule has 2 N–H and O–H groups in total. The Bertz CT molecular complexity index is 670. The quantitative estimate of drug-likeness (QED) is 0.394. The Kier molecular flexibility index (Phi) is 8.96. The predicted molar refractivity (Wildman–Crippen MR) is 114 cm³/mol. The number of benzene rings is 1. The molecular weight excluding hydrogens is 427 g/mol. The summed E-state index contributed by atoms with van der Waals surface area (Å²) in [6.07, 6.45) is 0.962. The van der Waals surface area contributed by atoms with E-state index in [2.05, 4.69) is 59.6 Å². The molecule has 1 heterocycles. The first kappa shape index (κ1) is 21.5. The van der Waals surface area contributed by atoms with Crippen LogP contribution in [0.3, 0.4) is 0 Å².